The molecule has 1 aromatic carbocycles. The summed E-state index contributed by atoms with van der Waals surface area (Å²) in [5, 5.41) is 6.19. The summed E-state index contributed by atoms with van der Waals surface area (Å²) >= 11 is 1.27. The van der Waals surface area contributed by atoms with E-state index in [9.17, 15) is 18.8 Å². The summed E-state index contributed by atoms with van der Waals surface area (Å²) in [4.78, 5) is 44.6. The molecule has 33 heavy (non-hydrogen) atoms. The van der Waals surface area contributed by atoms with Crippen LogP contribution in [0.5, 0.6) is 0 Å². The van der Waals surface area contributed by atoms with Crippen molar-refractivity contribution in [2.75, 3.05) is 11.9 Å². The number of urea groups is 1. The molecule has 1 aliphatic heterocycles. The Kier molecular flexibility index (Phi) is 5.98. The number of imide groups is 1. The molecule has 2 heterocycles. The van der Waals surface area contributed by atoms with Gasteiger partial charge in [0.05, 0.1) is 5.69 Å². The Balaban J connectivity index is 1.49. The Morgan fingerprint density at radius 3 is 2.76 bits per heavy atom. The summed E-state index contributed by atoms with van der Waals surface area (Å²) in [7, 11) is 1.83. The molecule has 1 spiro atoms. The summed E-state index contributed by atoms with van der Waals surface area (Å²) in [5.74, 6) is -1.19. The normalized spacial score (nSPS) is 24.3. The second-order valence-corrected chi connectivity index (χ2v) is 10.9. The quantitative estimate of drug-likeness (QED) is 0.644. The van der Waals surface area contributed by atoms with Crippen LogP contribution < -0.4 is 10.6 Å². The van der Waals surface area contributed by atoms with E-state index in [2.05, 4.69) is 36.4 Å². The Hall–Kier alpha value is -2.88. The van der Waals surface area contributed by atoms with Crippen LogP contribution >= 0.6 is 11.8 Å². The fourth-order valence-corrected chi connectivity index (χ4v) is 6.09. The Morgan fingerprint density at radius 2 is 2.09 bits per heavy atom. The van der Waals surface area contributed by atoms with Crippen LogP contribution in [0.1, 0.15) is 40.0 Å². The Labute approximate surface area is 196 Å². The van der Waals surface area contributed by atoms with E-state index in [0.29, 0.717) is 22.9 Å². The maximum atomic E-state index is 13.9. The largest absolute Gasteiger partial charge is 0.329 e. The zero-order valence-electron chi connectivity index (χ0n) is 19.1. The number of rotatable bonds is 5. The SMILES string of the molecule is CC1CC(C)(C)CC2(C1)NC(=O)N(CC(=O)Nc1cc(F)ccc1Sc1nccn1C)C2=O. The molecule has 2 atom stereocenters. The molecule has 0 bridgehead atoms. The maximum Gasteiger partial charge on any atom is 0.325 e. The number of benzene rings is 1. The smallest absolute Gasteiger partial charge is 0.325 e. The molecule has 10 heteroatoms. The maximum absolute atomic E-state index is 13.9. The number of hydrogen-bond donors (Lipinski definition) is 2. The number of aryl methyl sites for hydroxylation is 1. The van der Waals surface area contributed by atoms with Crippen LogP contribution in [-0.2, 0) is 16.6 Å². The van der Waals surface area contributed by atoms with Gasteiger partial charge in [0, 0.05) is 24.3 Å². The van der Waals surface area contributed by atoms with Crippen molar-refractivity contribution in [2.45, 2.75) is 55.6 Å². The fourth-order valence-electron chi connectivity index (χ4n) is 5.22. The average molecular weight is 474 g/mol. The highest BCUT2D eigenvalue weighted by Gasteiger charge is 2.56. The first-order valence-electron chi connectivity index (χ1n) is 10.9. The number of nitrogens with one attached hydrogen (secondary N) is 2. The first-order chi connectivity index (χ1) is 15.5. The van der Waals surface area contributed by atoms with E-state index in [0.717, 1.165) is 11.3 Å². The first kappa shape index (κ1) is 23.3. The topological polar surface area (TPSA) is 96.3 Å². The zero-order chi connectivity index (χ0) is 24.0. The monoisotopic (exact) mass is 473 g/mol. The number of imidazole rings is 1. The van der Waals surface area contributed by atoms with Gasteiger partial charge in [-0.3, -0.25) is 14.5 Å². The van der Waals surface area contributed by atoms with Crippen molar-refractivity contribution >= 4 is 35.3 Å². The van der Waals surface area contributed by atoms with E-state index in [1.165, 1.54) is 23.9 Å². The van der Waals surface area contributed by atoms with Crippen LogP contribution in [0.15, 0.2) is 40.6 Å². The van der Waals surface area contributed by atoms with Crippen LogP contribution in [0.3, 0.4) is 0 Å². The third-order valence-corrected chi connectivity index (χ3v) is 7.27. The van der Waals surface area contributed by atoms with Crippen LogP contribution in [0.4, 0.5) is 14.9 Å². The van der Waals surface area contributed by atoms with Gasteiger partial charge in [0.25, 0.3) is 5.91 Å². The predicted molar refractivity (Wildman–Crippen MR) is 122 cm³/mol. The minimum absolute atomic E-state index is 0.0997. The molecule has 1 saturated carbocycles. The van der Waals surface area contributed by atoms with Gasteiger partial charge in [-0.05, 0) is 60.6 Å². The molecule has 1 aromatic heterocycles. The van der Waals surface area contributed by atoms with Gasteiger partial charge in [0.1, 0.15) is 17.9 Å². The molecule has 2 unspecified atom stereocenters. The van der Waals surface area contributed by atoms with Crippen LogP contribution in [-0.4, -0.2) is 44.4 Å². The van der Waals surface area contributed by atoms with Gasteiger partial charge in [0.2, 0.25) is 5.91 Å². The van der Waals surface area contributed by atoms with E-state index in [1.807, 2.05) is 7.05 Å². The van der Waals surface area contributed by atoms with Crippen molar-refractivity contribution in [3.8, 4) is 0 Å². The average Bonchev–Trinajstić information content (AvgIpc) is 3.18. The number of nitrogens with zero attached hydrogens (tertiary/aromatic N) is 3. The van der Waals surface area contributed by atoms with Crippen molar-refractivity contribution in [3.63, 3.8) is 0 Å². The lowest BCUT2D eigenvalue weighted by molar-refractivity contribution is -0.136. The molecule has 1 aliphatic carbocycles. The third kappa shape index (κ3) is 4.75. The second-order valence-electron chi connectivity index (χ2n) is 9.87. The second kappa shape index (κ2) is 8.48. The molecule has 2 fully saturated rings. The molecule has 176 valence electrons. The van der Waals surface area contributed by atoms with Gasteiger partial charge in [-0.25, -0.2) is 14.2 Å². The van der Waals surface area contributed by atoms with Gasteiger partial charge < -0.3 is 15.2 Å². The third-order valence-electron chi connectivity index (χ3n) is 6.12. The molecular weight excluding hydrogens is 445 g/mol. The van der Waals surface area contributed by atoms with Gasteiger partial charge in [-0.15, -0.1) is 0 Å². The van der Waals surface area contributed by atoms with Crippen molar-refractivity contribution in [1.82, 2.24) is 19.8 Å². The molecular formula is C23H28FN5O3S. The summed E-state index contributed by atoms with van der Waals surface area (Å²) in [5.41, 5.74) is -0.823. The van der Waals surface area contributed by atoms with Crippen molar-refractivity contribution in [2.24, 2.45) is 18.4 Å². The highest BCUT2D eigenvalue weighted by Crippen LogP contribution is 2.46. The lowest BCUT2D eigenvalue weighted by atomic mass is 9.64. The number of hydrogen-bond acceptors (Lipinski definition) is 5. The van der Waals surface area contributed by atoms with Crippen molar-refractivity contribution < 1.29 is 18.8 Å². The van der Waals surface area contributed by atoms with E-state index >= 15 is 0 Å². The zero-order valence-corrected chi connectivity index (χ0v) is 20.0. The van der Waals surface area contributed by atoms with Gasteiger partial charge in [-0.2, -0.15) is 0 Å². The van der Waals surface area contributed by atoms with Crippen molar-refractivity contribution in [1.29, 1.82) is 0 Å². The molecule has 2 N–H and O–H groups in total. The van der Waals surface area contributed by atoms with E-state index < -0.39 is 29.8 Å². The van der Waals surface area contributed by atoms with Gasteiger partial charge in [-0.1, -0.05) is 20.8 Å². The minimum atomic E-state index is -0.976. The predicted octanol–water partition coefficient (Wildman–Crippen LogP) is 3.79. The van der Waals surface area contributed by atoms with Crippen molar-refractivity contribution in [3.05, 3.63) is 36.4 Å². The van der Waals surface area contributed by atoms with Crippen LogP contribution in [0, 0.1) is 17.2 Å². The highest BCUT2D eigenvalue weighted by atomic mass is 32.2. The summed E-state index contributed by atoms with van der Waals surface area (Å²) in [6.07, 6.45) is 5.47. The molecule has 1 saturated heterocycles. The molecule has 4 amide bonds. The molecule has 0 radical (unpaired) electrons. The molecule has 2 aliphatic rings. The highest BCUT2D eigenvalue weighted by molar-refractivity contribution is 7.99. The molecule has 4 rings (SSSR count). The number of carbonyl (C=O) groups excluding carboxylic acids is 3. The number of carbonyl (C=O) groups is 3. The van der Waals surface area contributed by atoms with Crippen LogP contribution in [0.25, 0.3) is 0 Å². The molecule has 2 aromatic rings. The number of aromatic nitrogens is 2. The van der Waals surface area contributed by atoms with E-state index in [4.69, 9.17) is 0 Å². The van der Waals surface area contributed by atoms with Gasteiger partial charge in [0.15, 0.2) is 5.16 Å². The lowest BCUT2D eigenvalue weighted by Crippen LogP contribution is -2.54. The Morgan fingerprint density at radius 1 is 1.33 bits per heavy atom. The first-order valence-corrected chi connectivity index (χ1v) is 11.7. The number of halogens is 1. The number of amides is 4. The Bertz CT molecular complexity index is 1120. The summed E-state index contributed by atoms with van der Waals surface area (Å²) in [6.45, 7) is 5.81. The van der Waals surface area contributed by atoms with E-state index in [-0.39, 0.29) is 22.9 Å². The summed E-state index contributed by atoms with van der Waals surface area (Å²) in [6, 6.07) is 3.50. The van der Waals surface area contributed by atoms with Crippen LogP contribution in [0.2, 0.25) is 0 Å². The minimum Gasteiger partial charge on any atom is -0.329 e. The van der Waals surface area contributed by atoms with E-state index in [1.54, 1.807) is 23.0 Å². The fraction of sp³-hybridized carbons (Fsp3) is 0.478. The van der Waals surface area contributed by atoms with Gasteiger partial charge >= 0.3 is 6.03 Å². The molecule has 8 nitrogen and oxygen atoms in total. The number of anilines is 1. The lowest BCUT2D eigenvalue weighted by Gasteiger charge is -2.43. The summed E-state index contributed by atoms with van der Waals surface area (Å²) < 4.78 is 15.7. The standard InChI is InChI=1S/C23H28FN5O3S/c1-14-10-22(2,3)13-23(11-14)19(31)29(20(32)27-23)12-18(30)26-16-9-15(24)5-6-17(16)33-21-25-7-8-28(21)4/h5-9,14H,10-13H2,1-4H3,(H,26,30)(H,27,32).